The average molecular weight is 289 g/mol. The Kier molecular flexibility index (Phi) is 4.73. The first kappa shape index (κ1) is 13.0. The summed E-state index contributed by atoms with van der Waals surface area (Å²) < 4.78 is 13.4. The summed E-state index contributed by atoms with van der Waals surface area (Å²) in [4.78, 5) is 12.8. The zero-order chi connectivity index (χ0) is 12.1. The van der Waals surface area contributed by atoms with Crippen LogP contribution in [0.5, 0.6) is 0 Å². The van der Waals surface area contributed by atoms with E-state index in [9.17, 15) is 9.18 Å². The molecule has 0 radical (unpaired) electrons. The minimum atomic E-state index is -0.290. The molecule has 0 atom stereocenters. The average Bonchev–Trinajstić information content (AvgIpc) is 2.20. The lowest BCUT2D eigenvalue weighted by molar-refractivity contribution is -0.128. The van der Waals surface area contributed by atoms with Crippen molar-refractivity contribution in [3.63, 3.8) is 0 Å². The van der Waals surface area contributed by atoms with Gasteiger partial charge in [0.2, 0.25) is 5.91 Å². The maximum Gasteiger partial charge on any atom is 0.223 e. The summed E-state index contributed by atoms with van der Waals surface area (Å²) in [7, 11) is 3.44. The Labute approximate surface area is 103 Å². The highest BCUT2D eigenvalue weighted by Gasteiger charge is 2.04. The Morgan fingerprint density at radius 2 is 2.19 bits per heavy atom. The standard InChI is InChI=1S/C11H14BrFN2O/c1-15(2)11(16)5-6-14-10-4-3-8(13)7-9(10)12/h3-4,7,14H,5-6H2,1-2H3. The predicted octanol–water partition coefficient (Wildman–Crippen LogP) is 2.48. The molecule has 1 rings (SSSR count). The third-order valence-corrected chi connectivity index (χ3v) is 2.74. The van der Waals surface area contributed by atoms with Crippen LogP contribution >= 0.6 is 15.9 Å². The molecule has 0 heterocycles. The van der Waals surface area contributed by atoms with E-state index < -0.39 is 0 Å². The van der Waals surface area contributed by atoms with Crippen molar-refractivity contribution in [1.82, 2.24) is 4.90 Å². The van der Waals surface area contributed by atoms with Crippen LogP contribution in [-0.2, 0) is 4.79 Å². The largest absolute Gasteiger partial charge is 0.384 e. The number of hydrogen-bond donors (Lipinski definition) is 1. The second kappa shape index (κ2) is 5.84. The van der Waals surface area contributed by atoms with Crippen LogP contribution in [0.3, 0.4) is 0 Å². The minimum absolute atomic E-state index is 0.0609. The second-order valence-corrected chi connectivity index (χ2v) is 4.44. The monoisotopic (exact) mass is 288 g/mol. The Hall–Kier alpha value is -1.10. The number of hydrogen-bond acceptors (Lipinski definition) is 2. The van der Waals surface area contributed by atoms with E-state index in [1.807, 2.05) is 0 Å². The lowest BCUT2D eigenvalue weighted by Gasteiger charge is -2.11. The summed E-state index contributed by atoms with van der Waals surface area (Å²) in [5.41, 5.74) is 0.785. The molecule has 0 bridgehead atoms. The predicted molar refractivity (Wildman–Crippen MR) is 65.9 cm³/mol. The third-order valence-electron chi connectivity index (χ3n) is 2.08. The molecule has 0 fully saturated rings. The fraction of sp³-hybridized carbons (Fsp3) is 0.364. The van der Waals surface area contributed by atoms with Crippen LogP contribution in [0.1, 0.15) is 6.42 Å². The molecule has 0 aliphatic rings. The van der Waals surface area contributed by atoms with E-state index in [4.69, 9.17) is 0 Å². The van der Waals surface area contributed by atoms with Crippen LogP contribution in [0.25, 0.3) is 0 Å². The summed E-state index contributed by atoms with van der Waals surface area (Å²) in [6.07, 6.45) is 0.414. The van der Waals surface area contributed by atoms with Crippen molar-refractivity contribution in [3.05, 3.63) is 28.5 Å². The molecule has 0 aliphatic heterocycles. The number of rotatable bonds is 4. The van der Waals surface area contributed by atoms with Gasteiger partial charge in [0.25, 0.3) is 0 Å². The van der Waals surface area contributed by atoms with Crippen molar-refractivity contribution < 1.29 is 9.18 Å². The van der Waals surface area contributed by atoms with Gasteiger partial charge >= 0.3 is 0 Å². The van der Waals surface area contributed by atoms with Crippen LogP contribution in [-0.4, -0.2) is 31.4 Å². The quantitative estimate of drug-likeness (QED) is 0.923. The number of nitrogens with one attached hydrogen (secondary N) is 1. The van der Waals surface area contributed by atoms with Gasteiger partial charge in [-0.3, -0.25) is 4.79 Å². The Morgan fingerprint density at radius 1 is 1.50 bits per heavy atom. The van der Waals surface area contributed by atoms with Gasteiger partial charge in [-0.05, 0) is 34.1 Å². The topological polar surface area (TPSA) is 32.3 Å². The minimum Gasteiger partial charge on any atom is -0.384 e. The Balaban J connectivity index is 2.46. The van der Waals surface area contributed by atoms with E-state index in [-0.39, 0.29) is 11.7 Å². The number of halogens is 2. The fourth-order valence-corrected chi connectivity index (χ4v) is 1.65. The number of nitrogens with zero attached hydrogens (tertiary/aromatic N) is 1. The SMILES string of the molecule is CN(C)C(=O)CCNc1ccc(F)cc1Br. The number of carbonyl (C=O) groups excluding carboxylic acids is 1. The van der Waals surface area contributed by atoms with Crippen molar-refractivity contribution in [3.8, 4) is 0 Å². The third kappa shape index (κ3) is 3.81. The van der Waals surface area contributed by atoms with Crippen molar-refractivity contribution in [2.75, 3.05) is 26.0 Å². The molecule has 0 aliphatic carbocycles. The molecule has 3 nitrogen and oxygen atoms in total. The summed E-state index contributed by atoms with van der Waals surface area (Å²) in [6.45, 7) is 0.529. The van der Waals surface area contributed by atoms with E-state index in [1.54, 1.807) is 25.1 Å². The van der Waals surface area contributed by atoms with Crippen LogP contribution < -0.4 is 5.32 Å². The van der Waals surface area contributed by atoms with Gasteiger partial charge < -0.3 is 10.2 Å². The second-order valence-electron chi connectivity index (χ2n) is 3.59. The van der Waals surface area contributed by atoms with E-state index in [0.717, 1.165) is 5.69 Å². The van der Waals surface area contributed by atoms with Gasteiger partial charge in [0.15, 0.2) is 0 Å². The molecule has 1 N–H and O–H groups in total. The van der Waals surface area contributed by atoms with Crippen molar-refractivity contribution in [1.29, 1.82) is 0 Å². The molecule has 1 aromatic carbocycles. The molecule has 0 aromatic heterocycles. The number of anilines is 1. The molecule has 16 heavy (non-hydrogen) atoms. The first-order valence-electron chi connectivity index (χ1n) is 4.90. The van der Waals surface area contributed by atoms with Gasteiger partial charge in [0.1, 0.15) is 5.82 Å². The summed E-state index contributed by atoms with van der Waals surface area (Å²) in [6, 6.07) is 4.40. The highest BCUT2D eigenvalue weighted by molar-refractivity contribution is 9.10. The normalized spacial score (nSPS) is 10.0. The molecule has 0 spiro atoms. The van der Waals surface area contributed by atoms with Gasteiger partial charge in [-0.1, -0.05) is 0 Å². The van der Waals surface area contributed by atoms with Gasteiger partial charge in [0.05, 0.1) is 0 Å². The van der Waals surface area contributed by atoms with Crippen LogP contribution in [0.15, 0.2) is 22.7 Å². The number of benzene rings is 1. The van der Waals surface area contributed by atoms with Gasteiger partial charge in [-0.15, -0.1) is 0 Å². The Morgan fingerprint density at radius 3 is 2.75 bits per heavy atom. The zero-order valence-electron chi connectivity index (χ0n) is 9.26. The van der Waals surface area contributed by atoms with E-state index in [2.05, 4.69) is 21.2 Å². The lowest BCUT2D eigenvalue weighted by atomic mass is 10.3. The van der Waals surface area contributed by atoms with Crippen molar-refractivity contribution in [2.45, 2.75) is 6.42 Å². The molecular formula is C11H14BrFN2O. The van der Waals surface area contributed by atoms with E-state index in [0.29, 0.717) is 17.4 Å². The molecule has 88 valence electrons. The van der Waals surface area contributed by atoms with Gasteiger partial charge in [-0.25, -0.2) is 4.39 Å². The molecule has 1 amide bonds. The van der Waals surface area contributed by atoms with Crippen molar-refractivity contribution in [2.24, 2.45) is 0 Å². The van der Waals surface area contributed by atoms with Crippen LogP contribution in [0.4, 0.5) is 10.1 Å². The first-order chi connectivity index (χ1) is 7.50. The molecule has 1 aromatic rings. The summed E-state index contributed by atoms with van der Waals surface area (Å²) >= 11 is 3.25. The summed E-state index contributed by atoms with van der Waals surface area (Å²) in [5.74, 6) is -0.229. The van der Waals surface area contributed by atoms with Gasteiger partial charge in [-0.2, -0.15) is 0 Å². The zero-order valence-corrected chi connectivity index (χ0v) is 10.8. The number of amides is 1. The molecule has 0 unspecified atom stereocenters. The van der Waals surface area contributed by atoms with Gasteiger partial charge in [0, 0.05) is 37.2 Å². The highest BCUT2D eigenvalue weighted by atomic mass is 79.9. The van der Waals surface area contributed by atoms with Crippen molar-refractivity contribution >= 4 is 27.5 Å². The maximum absolute atomic E-state index is 12.8. The smallest absolute Gasteiger partial charge is 0.223 e. The van der Waals surface area contributed by atoms with Crippen LogP contribution in [0, 0.1) is 5.82 Å². The molecular weight excluding hydrogens is 275 g/mol. The molecule has 0 saturated heterocycles. The Bertz CT molecular complexity index is 382. The maximum atomic E-state index is 12.8. The summed E-state index contributed by atoms with van der Waals surface area (Å²) in [5, 5.41) is 3.06. The highest BCUT2D eigenvalue weighted by Crippen LogP contribution is 2.22. The lowest BCUT2D eigenvalue weighted by Crippen LogP contribution is -2.23. The molecule has 5 heteroatoms. The number of carbonyl (C=O) groups is 1. The fourth-order valence-electron chi connectivity index (χ4n) is 1.16. The molecule has 0 saturated carbocycles. The van der Waals surface area contributed by atoms with Crippen LogP contribution in [0.2, 0.25) is 0 Å². The van der Waals surface area contributed by atoms with E-state index in [1.165, 1.54) is 12.1 Å². The first-order valence-corrected chi connectivity index (χ1v) is 5.69. The van der Waals surface area contributed by atoms with E-state index >= 15 is 0 Å².